The highest BCUT2D eigenvalue weighted by atomic mass is 16.8. The quantitative estimate of drug-likeness (QED) is 0.374. The highest BCUT2D eigenvalue weighted by Gasteiger charge is 2.20. The minimum absolute atomic E-state index is 0.219. The van der Waals surface area contributed by atoms with Crippen molar-refractivity contribution in [2.45, 2.75) is 52.7 Å². The Balaban J connectivity index is 2.46. The number of esters is 2. The van der Waals surface area contributed by atoms with Gasteiger partial charge in [0.2, 0.25) is 12.7 Å². The van der Waals surface area contributed by atoms with Gasteiger partial charge in [-0.2, -0.15) is 0 Å². The van der Waals surface area contributed by atoms with Crippen LogP contribution in [-0.2, 0) is 23.8 Å². The van der Waals surface area contributed by atoms with E-state index in [1.54, 1.807) is 30.3 Å². The molecule has 0 bridgehead atoms. The highest BCUT2D eigenvalue weighted by molar-refractivity contribution is 5.89. The van der Waals surface area contributed by atoms with Gasteiger partial charge in [0.1, 0.15) is 0 Å². The lowest BCUT2D eigenvalue weighted by molar-refractivity contribution is -0.228. The Morgan fingerprint density at radius 2 is 1.80 bits per heavy atom. The monoisotopic (exact) mass is 351 g/mol. The van der Waals surface area contributed by atoms with Gasteiger partial charge in [0.05, 0.1) is 5.56 Å². The van der Waals surface area contributed by atoms with E-state index in [0.29, 0.717) is 24.3 Å². The lowest BCUT2D eigenvalue weighted by Gasteiger charge is -2.21. The zero-order chi connectivity index (χ0) is 18.7. The summed E-state index contributed by atoms with van der Waals surface area (Å²) in [6.07, 6.45) is -0.194. The van der Waals surface area contributed by atoms with Crippen molar-refractivity contribution < 1.29 is 28.6 Å². The predicted molar refractivity (Wildman–Crippen MR) is 90.2 cm³/mol. The molecule has 0 aliphatic rings. The first-order valence-corrected chi connectivity index (χ1v) is 8.23. The Morgan fingerprint density at radius 3 is 2.40 bits per heavy atom. The van der Waals surface area contributed by atoms with Crippen LogP contribution in [-0.4, -0.2) is 31.1 Å². The van der Waals surface area contributed by atoms with Crippen LogP contribution in [0.2, 0.25) is 0 Å². The van der Waals surface area contributed by atoms with E-state index in [1.165, 1.54) is 6.92 Å². The van der Waals surface area contributed by atoms with Crippen LogP contribution >= 0.6 is 0 Å². The number of carbonyl (C=O) groups excluding carboxylic acids is 3. The molecule has 0 spiro atoms. The molecule has 1 rings (SSSR count). The molecule has 1 N–H and O–H groups in total. The summed E-state index contributed by atoms with van der Waals surface area (Å²) in [5.41, 5.74) is 0.364. The van der Waals surface area contributed by atoms with Crippen molar-refractivity contribution in [3.05, 3.63) is 35.9 Å². The molecule has 25 heavy (non-hydrogen) atoms. The summed E-state index contributed by atoms with van der Waals surface area (Å²) in [4.78, 5) is 34.3. The third-order valence-electron chi connectivity index (χ3n) is 3.20. The van der Waals surface area contributed by atoms with Gasteiger partial charge in [-0.15, -0.1) is 0 Å². The van der Waals surface area contributed by atoms with Gasteiger partial charge in [-0.25, -0.2) is 4.79 Å². The number of ether oxygens (including phenoxy) is 3. The molecule has 0 aromatic heterocycles. The third-order valence-corrected chi connectivity index (χ3v) is 3.20. The molecule has 2 atom stereocenters. The summed E-state index contributed by atoms with van der Waals surface area (Å²) in [5.74, 6) is -0.590. The fourth-order valence-corrected chi connectivity index (χ4v) is 1.98. The van der Waals surface area contributed by atoms with Crippen LogP contribution < -0.4 is 5.32 Å². The molecule has 0 radical (unpaired) electrons. The molecule has 1 unspecified atom stereocenters. The van der Waals surface area contributed by atoms with Gasteiger partial charge in [0, 0.05) is 6.42 Å². The van der Waals surface area contributed by atoms with Crippen LogP contribution in [0.1, 0.15) is 50.4 Å². The Labute approximate surface area is 147 Å². The van der Waals surface area contributed by atoms with Crippen molar-refractivity contribution in [1.82, 2.24) is 5.32 Å². The number of carbonyl (C=O) groups is 3. The van der Waals surface area contributed by atoms with Crippen molar-refractivity contribution >= 4 is 18.3 Å². The lowest BCUT2D eigenvalue weighted by atomic mass is 10.1. The summed E-state index contributed by atoms with van der Waals surface area (Å²) >= 11 is 0. The van der Waals surface area contributed by atoms with E-state index in [4.69, 9.17) is 14.2 Å². The molecule has 0 aliphatic heterocycles. The van der Waals surface area contributed by atoms with Gasteiger partial charge in [-0.3, -0.25) is 19.6 Å². The molecular formula is C18H25NO6. The van der Waals surface area contributed by atoms with Crippen molar-refractivity contribution in [2.75, 3.05) is 0 Å². The van der Waals surface area contributed by atoms with Crippen LogP contribution in [0.15, 0.2) is 30.3 Å². The van der Waals surface area contributed by atoms with Crippen LogP contribution in [0.5, 0.6) is 0 Å². The number of benzene rings is 1. The van der Waals surface area contributed by atoms with Gasteiger partial charge in [-0.05, 0) is 31.4 Å². The molecule has 0 fully saturated rings. The first-order valence-electron chi connectivity index (χ1n) is 8.23. The minimum Gasteiger partial charge on any atom is -0.432 e. The highest BCUT2D eigenvalue weighted by Crippen LogP contribution is 2.09. The van der Waals surface area contributed by atoms with E-state index in [9.17, 15) is 14.4 Å². The van der Waals surface area contributed by atoms with E-state index in [0.717, 1.165) is 6.42 Å². The summed E-state index contributed by atoms with van der Waals surface area (Å²) < 4.78 is 15.4. The second-order valence-electron chi connectivity index (χ2n) is 5.87. The van der Waals surface area contributed by atoms with Crippen LogP contribution in [0.4, 0.5) is 0 Å². The number of nitrogens with one attached hydrogen (secondary N) is 1. The molecule has 0 aliphatic carbocycles. The SMILES string of the molecule is CC(C)CCCC(=O)OC(NC=O)O[C@@H](C)OC(=O)c1ccccc1. The molecule has 1 amide bonds. The zero-order valence-electron chi connectivity index (χ0n) is 14.8. The molecule has 0 saturated carbocycles. The number of rotatable bonds is 11. The fraction of sp³-hybridized carbons (Fsp3) is 0.500. The van der Waals surface area contributed by atoms with E-state index >= 15 is 0 Å². The topological polar surface area (TPSA) is 90.9 Å². The maximum atomic E-state index is 11.9. The molecule has 0 heterocycles. The first kappa shape index (κ1) is 20.6. The average molecular weight is 351 g/mol. The largest absolute Gasteiger partial charge is 0.432 e. The van der Waals surface area contributed by atoms with E-state index in [1.807, 2.05) is 0 Å². The van der Waals surface area contributed by atoms with Crippen LogP contribution in [0.25, 0.3) is 0 Å². The Kier molecular flexibility index (Phi) is 9.24. The summed E-state index contributed by atoms with van der Waals surface area (Å²) in [6, 6.07) is 8.39. The van der Waals surface area contributed by atoms with Gasteiger partial charge < -0.3 is 9.47 Å². The van der Waals surface area contributed by atoms with Gasteiger partial charge in [0.15, 0.2) is 0 Å². The van der Waals surface area contributed by atoms with Crippen molar-refractivity contribution in [3.63, 3.8) is 0 Å². The maximum absolute atomic E-state index is 11.9. The average Bonchev–Trinajstić information content (AvgIpc) is 2.55. The Morgan fingerprint density at radius 1 is 1.12 bits per heavy atom. The molecule has 7 heteroatoms. The Bertz CT molecular complexity index is 546. The summed E-state index contributed by atoms with van der Waals surface area (Å²) in [5, 5.41) is 2.22. The molecule has 0 saturated heterocycles. The zero-order valence-corrected chi connectivity index (χ0v) is 14.8. The van der Waals surface area contributed by atoms with E-state index < -0.39 is 24.6 Å². The number of amides is 1. The van der Waals surface area contributed by atoms with Crippen molar-refractivity contribution in [2.24, 2.45) is 5.92 Å². The van der Waals surface area contributed by atoms with Crippen LogP contribution in [0.3, 0.4) is 0 Å². The fourth-order valence-electron chi connectivity index (χ4n) is 1.98. The standard InChI is InChI=1S/C18H25NO6/c1-13(2)8-7-11-16(21)25-18(19-12-20)24-14(3)23-17(22)15-9-5-4-6-10-15/h4-6,9-10,12-14,18H,7-8,11H2,1-3H3,(H,19,20)/t14-,18?/m0/s1. The molecule has 1 aromatic rings. The van der Waals surface area contributed by atoms with E-state index in [2.05, 4.69) is 19.2 Å². The van der Waals surface area contributed by atoms with Crippen molar-refractivity contribution in [3.8, 4) is 0 Å². The molecule has 1 aromatic carbocycles. The smallest absolute Gasteiger partial charge is 0.340 e. The molecular weight excluding hydrogens is 326 g/mol. The second kappa shape index (κ2) is 11.2. The van der Waals surface area contributed by atoms with Crippen LogP contribution in [0, 0.1) is 5.92 Å². The van der Waals surface area contributed by atoms with Gasteiger partial charge >= 0.3 is 11.9 Å². The first-order chi connectivity index (χ1) is 11.9. The number of hydrogen-bond donors (Lipinski definition) is 1. The van der Waals surface area contributed by atoms with Crippen molar-refractivity contribution in [1.29, 1.82) is 0 Å². The molecule has 138 valence electrons. The van der Waals surface area contributed by atoms with Gasteiger partial charge in [0.25, 0.3) is 6.41 Å². The number of hydrogen-bond acceptors (Lipinski definition) is 6. The summed E-state index contributed by atoms with van der Waals surface area (Å²) in [7, 11) is 0. The minimum atomic E-state index is -1.32. The Hall–Kier alpha value is -2.41. The van der Waals surface area contributed by atoms with Gasteiger partial charge in [-0.1, -0.05) is 38.5 Å². The lowest BCUT2D eigenvalue weighted by Crippen LogP contribution is -2.39. The summed E-state index contributed by atoms with van der Waals surface area (Å²) in [6.45, 7) is 5.59. The second-order valence-corrected chi connectivity index (χ2v) is 5.87. The maximum Gasteiger partial charge on any atom is 0.340 e. The third kappa shape index (κ3) is 8.85. The van der Waals surface area contributed by atoms with E-state index in [-0.39, 0.29) is 6.42 Å². The predicted octanol–water partition coefficient (Wildman–Crippen LogP) is 2.61. The normalized spacial score (nSPS) is 13.0. The molecule has 7 nitrogen and oxygen atoms in total.